The number of rotatable bonds is 5. The average Bonchev–Trinajstić information content (AvgIpc) is 2.68. The Labute approximate surface area is 160 Å². The summed E-state index contributed by atoms with van der Waals surface area (Å²) in [4.78, 5) is 30.3. The Morgan fingerprint density at radius 1 is 1.11 bits per heavy atom. The summed E-state index contributed by atoms with van der Waals surface area (Å²) >= 11 is 0. The Bertz CT molecular complexity index is 814. The number of aryl methyl sites for hydroxylation is 2. The number of nitrogens with zero attached hydrogens (tertiary/aromatic N) is 5. The first kappa shape index (κ1) is 19.1. The van der Waals surface area contributed by atoms with Gasteiger partial charge in [-0.1, -0.05) is 17.7 Å². The molecule has 1 N–H and O–H groups in total. The zero-order chi connectivity index (χ0) is 19.4. The van der Waals surface area contributed by atoms with Gasteiger partial charge in [0.15, 0.2) is 5.82 Å². The quantitative estimate of drug-likeness (QED) is 0.874. The van der Waals surface area contributed by atoms with Crippen molar-refractivity contribution in [2.24, 2.45) is 0 Å². The summed E-state index contributed by atoms with van der Waals surface area (Å²) in [5, 5.41) is 2.95. The van der Waals surface area contributed by atoms with Gasteiger partial charge >= 0.3 is 0 Å². The monoisotopic (exact) mass is 368 g/mol. The molecule has 0 unspecified atom stereocenters. The molecule has 0 aliphatic carbocycles. The van der Waals surface area contributed by atoms with Crippen LogP contribution >= 0.6 is 0 Å². The van der Waals surface area contributed by atoms with Crippen LogP contribution < -0.4 is 15.1 Å². The highest BCUT2D eigenvalue weighted by molar-refractivity contribution is 5.95. The molecule has 1 fully saturated rings. The van der Waals surface area contributed by atoms with E-state index in [1.807, 2.05) is 51.0 Å². The van der Waals surface area contributed by atoms with Crippen molar-refractivity contribution < 1.29 is 4.79 Å². The second-order valence-corrected chi connectivity index (χ2v) is 7.29. The third-order valence-corrected chi connectivity index (χ3v) is 4.74. The highest BCUT2D eigenvalue weighted by Crippen LogP contribution is 2.18. The molecule has 2 aromatic rings. The fourth-order valence-electron chi connectivity index (χ4n) is 3.14. The first-order valence-corrected chi connectivity index (χ1v) is 9.47. The van der Waals surface area contributed by atoms with Gasteiger partial charge in [-0.15, -0.1) is 0 Å². The van der Waals surface area contributed by atoms with Crippen molar-refractivity contribution in [1.82, 2.24) is 20.3 Å². The summed E-state index contributed by atoms with van der Waals surface area (Å²) in [5.74, 6) is 1.78. The third-order valence-electron chi connectivity index (χ3n) is 4.74. The number of carbonyl (C=O) groups is 1. The lowest BCUT2D eigenvalue weighted by Gasteiger charge is -2.27. The van der Waals surface area contributed by atoms with Crippen molar-refractivity contribution in [1.29, 1.82) is 0 Å². The molecule has 0 spiro atoms. The van der Waals surface area contributed by atoms with Gasteiger partial charge in [0.05, 0.1) is 6.54 Å². The summed E-state index contributed by atoms with van der Waals surface area (Å²) < 4.78 is 0. The zero-order valence-corrected chi connectivity index (χ0v) is 16.6. The van der Waals surface area contributed by atoms with E-state index in [0.717, 1.165) is 37.1 Å². The first-order valence-electron chi connectivity index (χ1n) is 9.47. The van der Waals surface area contributed by atoms with Gasteiger partial charge in [0.25, 0.3) is 5.91 Å². The average molecular weight is 368 g/mol. The molecule has 0 bridgehead atoms. The molecule has 3 rings (SSSR count). The van der Waals surface area contributed by atoms with E-state index in [9.17, 15) is 4.79 Å². The molecule has 1 aromatic heterocycles. The molecule has 144 valence electrons. The van der Waals surface area contributed by atoms with Crippen LogP contribution in [-0.4, -0.2) is 48.0 Å². The van der Waals surface area contributed by atoms with Gasteiger partial charge in [-0.05, 0) is 44.7 Å². The standard InChI is InChI=1S/C20H28N6O/c1-14-8-9-15(2)16(12-14)18(27)21-13-17-22-19(25(3)4)24-20(23-17)26-10-6-5-7-11-26/h8-9,12H,5-7,10-11,13H2,1-4H3,(H,21,27). The van der Waals surface area contributed by atoms with Gasteiger partial charge in [-0.2, -0.15) is 15.0 Å². The van der Waals surface area contributed by atoms with E-state index in [4.69, 9.17) is 0 Å². The van der Waals surface area contributed by atoms with Crippen LogP contribution in [-0.2, 0) is 6.54 Å². The smallest absolute Gasteiger partial charge is 0.251 e. The van der Waals surface area contributed by atoms with Crippen LogP contribution in [0.15, 0.2) is 18.2 Å². The molecule has 7 nitrogen and oxygen atoms in total. The second kappa shape index (κ2) is 8.33. The molecule has 1 aliphatic heterocycles. The number of amides is 1. The minimum atomic E-state index is -0.109. The Morgan fingerprint density at radius 2 is 1.85 bits per heavy atom. The van der Waals surface area contributed by atoms with E-state index in [2.05, 4.69) is 25.2 Å². The van der Waals surface area contributed by atoms with Gasteiger partial charge in [0, 0.05) is 32.7 Å². The maximum atomic E-state index is 12.6. The molecule has 1 aliphatic rings. The fourth-order valence-corrected chi connectivity index (χ4v) is 3.14. The topological polar surface area (TPSA) is 74.2 Å². The number of piperidine rings is 1. The van der Waals surface area contributed by atoms with Gasteiger partial charge in [-0.3, -0.25) is 4.79 Å². The number of carbonyl (C=O) groups excluding carboxylic acids is 1. The highest BCUT2D eigenvalue weighted by atomic mass is 16.1. The summed E-state index contributed by atoms with van der Waals surface area (Å²) in [7, 11) is 3.82. The highest BCUT2D eigenvalue weighted by Gasteiger charge is 2.17. The molecule has 0 atom stereocenters. The molecule has 0 saturated carbocycles. The summed E-state index contributed by atoms with van der Waals surface area (Å²) in [6, 6.07) is 5.88. The van der Waals surface area contributed by atoms with E-state index in [1.165, 1.54) is 6.42 Å². The van der Waals surface area contributed by atoms with Crippen LogP contribution in [0.25, 0.3) is 0 Å². The summed E-state index contributed by atoms with van der Waals surface area (Å²) in [5.41, 5.74) is 2.71. The lowest BCUT2D eigenvalue weighted by atomic mass is 10.1. The summed E-state index contributed by atoms with van der Waals surface area (Å²) in [6.07, 6.45) is 3.56. The molecule has 0 radical (unpaired) electrons. The van der Waals surface area contributed by atoms with Crippen LogP contribution in [0.1, 0.15) is 46.6 Å². The van der Waals surface area contributed by atoms with Crippen LogP contribution in [0.3, 0.4) is 0 Å². The molecule has 27 heavy (non-hydrogen) atoms. The van der Waals surface area contributed by atoms with E-state index in [-0.39, 0.29) is 12.5 Å². The van der Waals surface area contributed by atoms with Gasteiger partial charge in [0.1, 0.15) is 0 Å². The number of aromatic nitrogens is 3. The zero-order valence-electron chi connectivity index (χ0n) is 16.6. The number of anilines is 2. The SMILES string of the molecule is Cc1ccc(C)c(C(=O)NCc2nc(N(C)C)nc(N3CCCCC3)n2)c1. The third kappa shape index (κ3) is 4.72. The molecular formula is C20H28N6O. The maximum Gasteiger partial charge on any atom is 0.251 e. The van der Waals surface area contributed by atoms with Crippen LogP contribution in [0, 0.1) is 13.8 Å². The predicted octanol–water partition coefficient (Wildman–Crippen LogP) is 2.47. The molecule has 2 heterocycles. The molecular weight excluding hydrogens is 340 g/mol. The minimum Gasteiger partial charge on any atom is -0.347 e. The number of benzene rings is 1. The van der Waals surface area contributed by atoms with E-state index < -0.39 is 0 Å². The lowest BCUT2D eigenvalue weighted by Crippen LogP contribution is -2.33. The van der Waals surface area contributed by atoms with Gasteiger partial charge in [0.2, 0.25) is 11.9 Å². The molecule has 1 saturated heterocycles. The van der Waals surface area contributed by atoms with Crippen molar-refractivity contribution in [3.05, 3.63) is 40.7 Å². The Morgan fingerprint density at radius 3 is 2.56 bits per heavy atom. The van der Waals surface area contributed by atoms with E-state index >= 15 is 0 Å². The maximum absolute atomic E-state index is 12.6. The first-order chi connectivity index (χ1) is 12.9. The Hall–Kier alpha value is -2.70. The molecule has 7 heteroatoms. The van der Waals surface area contributed by atoms with Crippen molar-refractivity contribution in [2.75, 3.05) is 37.0 Å². The van der Waals surface area contributed by atoms with Crippen LogP contribution in [0.2, 0.25) is 0 Å². The summed E-state index contributed by atoms with van der Waals surface area (Å²) in [6.45, 7) is 6.12. The van der Waals surface area contributed by atoms with E-state index in [0.29, 0.717) is 23.3 Å². The van der Waals surface area contributed by atoms with E-state index in [1.54, 1.807) is 0 Å². The van der Waals surface area contributed by atoms with Crippen LogP contribution in [0.5, 0.6) is 0 Å². The van der Waals surface area contributed by atoms with Crippen LogP contribution in [0.4, 0.5) is 11.9 Å². The van der Waals surface area contributed by atoms with Gasteiger partial charge in [-0.25, -0.2) is 0 Å². The number of hydrogen-bond donors (Lipinski definition) is 1. The van der Waals surface area contributed by atoms with Crippen molar-refractivity contribution >= 4 is 17.8 Å². The largest absolute Gasteiger partial charge is 0.347 e. The Kier molecular flexibility index (Phi) is 5.88. The van der Waals surface area contributed by atoms with Gasteiger partial charge < -0.3 is 15.1 Å². The lowest BCUT2D eigenvalue weighted by molar-refractivity contribution is 0.0949. The minimum absolute atomic E-state index is 0.109. The molecule has 1 aromatic carbocycles. The number of hydrogen-bond acceptors (Lipinski definition) is 6. The van der Waals surface area contributed by atoms with Crippen molar-refractivity contribution in [3.63, 3.8) is 0 Å². The fraction of sp³-hybridized carbons (Fsp3) is 0.500. The van der Waals surface area contributed by atoms with Crippen molar-refractivity contribution in [3.8, 4) is 0 Å². The molecule has 1 amide bonds. The Balaban J connectivity index is 1.78. The normalized spacial score (nSPS) is 14.1. The predicted molar refractivity (Wildman–Crippen MR) is 107 cm³/mol. The second-order valence-electron chi connectivity index (χ2n) is 7.29. The van der Waals surface area contributed by atoms with Crippen molar-refractivity contribution in [2.45, 2.75) is 39.7 Å². The number of nitrogens with one attached hydrogen (secondary N) is 1.